The van der Waals surface area contributed by atoms with Crippen molar-refractivity contribution < 1.29 is 9.72 Å². The average Bonchev–Trinajstić information content (AvgIpc) is 3.16. The number of aromatic nitrogens is 2. The van der Waals surface area contributed by atoms with Crippen LogP contribution in [0.2, 0.25) is 0 Å². The van der Waals surface area contributed by atoms with Crippen molar-refractivity contribution in [2.24, 2.45) is 0 Å². The molecule has 30 heavy (non-hydrogen) atoms. The fourth-order valence-electron chi connectivity index (χ4n) is 3.58. The minimum absolute atomic E-state index is 0.0556. The third-order valence-electron chi connectivity index (χ3n) is 5.19. The van der Waals surface area contributed by atoms with Crippen LogP contribution in [0.3, 0.4) is 0 Å². The van der Waals surface area contributed by atoms with Crippen molar-refractivity contribution in [3.8, 4) is 0 Å². The highest BCUT2D eigenvalue weighted by Gasteiger charge is 2.26. The Labute approximate surface area is 178 Å². The molecule has 1 atom stereocenters. The van der Waals surface area contributed by atoms with Gasteiger partial charge in [-0.3, -0.25) is 19.8 Å². The molecule has 4 rings (SSSR count). The van der Waals surface area contributed by atoms with Crippen molar-refractivity contribution in [3.63, 3.8) is 0 Å². The molecule has 0 radical (unpaired) electrons. The number of piperazine rings is 1. The topological polar surface area (TPSA) is 84.0 Å². The van der Waals surface area contributed by atoms with Gasteiger partial charge in [0.1, 0.15) is 5.65 Å². The van der Waals surface area contributed by atoms with Gasteiger partial charge in [0.15, 0.2) is 0 Å². The van der Waals surface area contributed by atoms with Crippen LogP contribution >= 0.6 is 11.8 Å². The van der Waals surface area contributed by atoms with Gasteiger partial charge in [0.2, 0.25) is 5.91 Å². The number of hydrogen-bond acceptors (Lipinski definition) is 6. The zero-order valence-corrected chi connectivity index (χ0v) is 17.5. The standard InChI is InChI=1S/C21H23N5O3S/c1-16(30-19-7-5-18(6-8-19)26(28)29)21(27)24-12-10-23(11-13-24)14-17-15-25-9-3-2-4-20(25)22-17/h2-9,15-16H,10-14H2,1H3. The molecule has 1 unspecified atom stereocenters. The van der Waals surface area contributed by atoms with Crippen LogP contribution in [-0.2, 0) is 11.3 Å². The SMILES string of the molecule is CC(Sc1ccc([N+](=O)[O-])cc1)C(=O)N1CCN(Cc2cn3ccccc3n2)CC1. The first-order valence-electron chi connectivity index (χ1n) is 9.84. The van der Waals surface area contributed by atoms with Gasteiger partial charge in [-0.05, 0) is 31.2 Å². The third kappa shape index (κ3) is 4.63. The quantitative estimate of drug-likeness (QED) is 0.343. The molecule has 1 saturated heterocycles. The van der Waals surface area contributed by atoms with Gasteiger partial charge in [-0.25, -0.2) is 4.98 Å². The number of carbonyl (C=O) groups excluding carboxylic acids is 1. The van der Waals surface area contributed by atoms with E-state index in [-0.39, 0.29) is 16.8 Å². The lowest BCUT2D eigenvalue weighted by Crippen LogP contribution is -2.50. The van der Waals surface area contributed by atoms with E-state index >= 15 is 0 Å². The summed E-state index contributed by atoms with van der Waals surface area (Å²) >= 11 is 1.43. The Balaban J connectivity index is 1.28. The summed E-state index contributed by atoms with van der Waals surface area (Å²) in [5.74, 6) is 0.103. The Kier molecular flexibility index (Phi) is 6.01. The molecule has 1 aliphatic rings. The number of nitro benzene ring substituents is 1. The highest BCUT2D eigenvalue weighted by molar-refractivity contribution is 8.00. The monoisotopic (exact) mass is 425 g/mol. The third-order valence-corrected chi connectivity index (χ3v) is 6.29. The summed E-state index contributed by atoms with van der Waals surface area (Å²) in [6, 6.07) is 12.3. The second-order valence-electron chi connectivity index (χ2n) is 7.31. The van der Waals surface area contributed by atoms with Gasteiger partial charge in [-0.1, -0.05) is 6.07 Å². The summed E-state index contributed by atoms with van der Waals surface area (Å²) in [7, 11) is 0. The van der Waals surface area contributed by atoms with Gasteiger partial charge in [0, 0.05) is 62.1 Å². The molecule has 2 aromatic heterocycles. The van der Waals surface area contributed by atoms with E-state index in [9.17, 15) is 14.9 Å². The molecule has 0 N–H and O–H groups in total. The number of nitro groups is 1. The van der Waals surface area contributed by atoms with Gasteiger partial charge in [0.25, 0.3) is 5.69 Å². The van der Waals surface area contributed by atoms with Gasteiger partial charge >= 0.3 is 0 Å². The second kappa shape index (κ2) is 8.85. The highest BCUT2D eigenvalue weighted by atomic mass is 32.2. The number of rotatable bonds is 6. The predicted molar refractivity (Wildman–Crippen MR) is 115 cm³/mol. The van der Waals surface area contributed by atoms with E-state index in [2.05, 4.69) is 16.1 Å². The number of imidazole rings is 1. The number of fused-ring (bicyclic) bond motifs is 1. The smallest absolute Gasteiger partial charge is 0.269 e. The maximum atomic E-state index is 12.8. The molecule has 1 amide bonds. The number of non-ortho nitro benzene ring substituents is 1. The summed E-state index contributed by atoms with van der Waals surface area (Å²) in [6.07, 6.45) is 4.04. The molecule has 1 aromatic carbocycles. The molecule has 9 heteroatoms. The molecule has 3 aromatic rings. The maximum absolute atomic E-state index is 12.8. The summed E-state index contributed by atoms with van der Waals surface area (Å²) < 4.78 is 2.02. The normalized spacial score (nSPS) is 16.0. The predicted octanol–water partition coefficient (Wildman–Crippen LogP) is 3.07. The lowest BCUT2D eigenvalue weighted by Gasteiger charge is -2.35. The summed E-state index contributed by atoms with van der Waals surface area (Å²) in [5.41, 5.74) is 2.03. The Morgan fingerprint density at radius 3 is 2.57 bits per heavy atom. The lowest BCUT2D eigenvalue weighted by atomic mass is 10.2. The number of pyridine rings is 1. The number of thioether (sulfide) groups is 1. The Bertz CT molecular complexity index is 1010. The van der Waals surface area contributed by atoms with Gasteiger partial charge < -0.3 is 9.30 Å². The van der Waals surface area contributed by atoms with Crippen molar-refractivity contribution in [2.75, 3.05) is 26.2 Å². The Morgan fingerprint density at radius 1 is 1.17 bits per heavy atom. The van der Waals surface area contributed by atoms with Crippen LogP contribution in [0.15, 0.2) is 59.8 Å². The zero-order chi connectivity index (χ0) is 21.1. The largest absolute Gasteiger partial charge is 0.339 e. The molecule has 8 nitrogen and oxygen atoms in total. The number of carbonyl (C=O) groups is 1. The maximum Gasteiger partial charge on any atom is 0.269 e. The second-order valence-corrected chi connectivity index (χ2v) is 8.73. The molecule has 1 fully saturated rings. The number of benzene rings is 1. The minimum Gasteiger partial charge on any atom is -0.339 e. The highest BCUT2D eigenvalue weighted by Crippen LogP contribution is 2.26. The van der Waals surface area contributed by atoms with Crippen molar-refractivity contribution in [2.45, 2.75) is 23.6 Å². The van der Waals surface area contributed by atoms with Crippen molar-refractivity contribution in [1.29, 1.82) is 0 Å². The molecule has 0 spiro atoms. The molecule has 1 aliphatic heterocycles. The van der Waals surface area contributed by atoms with Gasteiger partial charge in [-0.15, -0.1) is 11.8 Å². The summed E-state index contributed by atoms with van der Waals surface area (Å²) in [5, 5.41) is 10.5. The van der Waals surface area contributed by atoms with Crippen molar-refractivity contribution >= 4 is 29.0 Å². The first-order valence-corrected chi connectivity index (χ1v) is 10.7. The Hall–Kier alpha value is -2.91. The van der Waals surface area contributed by atoms with E-state index in [1.807, 2.05) is 40.6 Å². The van der Waals surface area contributed by atoms with E-state index in [0.29, 0.717) is 13.1 Å². The van der Waals surface area contributed by atoms with Gasteiger partial charge in [-0.2, -0.15) is 0 Å². The van der Waals surface area contributed by atoms with Gasteiger partial charge in [0.05, 0.1) is 15.9 Å². The van der Waals surface area contributed by atoms with E-state index in [0.717, 1.165) is 35.9 Å². The van der Waals surface area contributed by atoms with Crippen molar-refractivity contribution in [1.82, 2.24) is 19.2 Å². The fraction of sp³-hybridized carbons (Fsp3) is 0.333. The average molecular weight is 426 g/mol. The summed E-state index contributed by atoms with van der Waals surface area (Å²) in [4.78, 5) is 32.9. The molecule has 0 aliphatic carbocycles. The minimum atomic E-state index is -0.422. The molecular weight excluding hydrogens is 402 g/mol. The van der Waals surface area contributed by atoms with Crippen LogP contribution in [0, 0.1) is 10.1 Å². The first-order chi connectivity index (χ1) is 14.5. The molecule has 3 heterocycles. The number of nitrogens with zero attached hydrogens (tertiary/aromatic N) is 5. The van der Waals surface area contributed by atoms with Crippen molar-refractivity contribution in [3.05, 3.63) is 70.7 Å². The van der Waals surface area contributed by atoms with Crippen LogP contribution in [0.4, 0.5) is 5.69 Å². The van der Waals surface area contributed by atoms with Crippen LogP contribution < -0.4 is 0 Å². The van der Waals surface area contributed by atoms with E-state index in [1.165, 1.54) is 23.9 Å². The van der Waals surface area contributed by atoms with E-state index in [4.69, 9.17) is 0 Å². The van der Waals surface area contributed by atoms with Crippen LogP contribution in [0.1, 0.15) is 12.6 Å². The van der Waals surface area contributed by atoms with E-state index in [1.54, 1.807) is 12.1 Å². The molecule has 0 bridgehead atoms. The number of hydrogen-bond donors (Lipinski definition) is 0. The van der Waals surface area contributed by atoms with Crippen LogP contribution in [-0.4, -0.2) is 61.4 Å². The Morgan fingerprint density at radius 2 is 1.90 bits per heavy atom. The van der Waals surface area contributed by atoms with Crippen LogP contribution in [0.25, 0.3) is 5.65 Å². The molecule has 156 valence electrons. The summed E-state index contributed by atoms with van der Waals surface area (Å²) in [6.45, 7) is 5.67. The van der Waals surface area contributed by atoms with Crippen LogP contribution in [0.5, 0.6) is 0 Å². The molecular formula is C21H23N5O3S. The fourth-order valence-corrected chi connectivity index (χ4v) is 4.53. The lowest BCUT2D eigenvalue weighted by molar-refractivity contribution is -0.384. The first kappa shape index (κ1) is 20.4. The molecule has 0 saturated carbocycles. The van der Waals surface area contributed by atoms with E-state index < -0.39 is 4.92 Å². The zero-order valence-electron chi connectivity index (χ0n) is 16.7. The number of amides is 1.